The Morgan fingerprint density at radius 3 is 2.52 bits per heavy atom. The fourth-order valence-electron chi connectivity index (χ4n) is 2.24. The molecule has 0 fully saturated rings. The number of pyridine rings is 1. The first-order valence-electron chi connectivity index (χ1n) is 7.46. The highest BCUT2D eigenvalue weighted by Crippen LogP contribution is 2.22. The molecule has 0 spiro atoms. The van der Waals surface area contributed by atoms with Gasteiger partial charge in [0.2, 0.25) is 0 Å². The Hall–Kier alpha value is -1.36. The molecule has 2 rings (SSSR count). The first-order chi connectivity index (χ1) is 10.1. The summed E-state index contributed by atoms with van der Waals surface area (Å²) in [6.07, 6.45) is 0.919. The number of fused-ring (bicyclic) bond motifs is 1. The zero-order valence-corrected chi connectivity index (χ0v) is 15.4. The van der Waals surface area contributed by atoms with Crippen LogP contribution in [0, 0.1) is 0 Å². The van der Waals surface area contributed by atoms with Crippen molar-refractivity contribution < 1.29 is 4.79 Å². The third-order valence-corrected chi connectivity index (χ3v) is 3.46. The number of halogens is 2. The van der Waals surface area contributed by atoms with Crippen LogP contribution in [0.1, 0.15) is 42.2 Å². The molecule has 0 saturated heterocycles. The number of amides is 1. The summed E-state index contributed by atoms with van der Waals surface area (Å²) in [6, 6.07) is 9.72. The molecule has 2 aromatic rings. The van der Waals surface area contributed by atoms with Gasteiger partial charge in [0.15, 0.2) is 0 Å². The van der Waals surface area contributed by atoms with Crippen molar-refractivity contribution in [3.05, 3.63) is 41.6 Å². The van der Waals surface area contributed by atoms with Gasteiger partial charge in [-0.2, -0.15) is 0 Å². The Balaban J connectivity index is 0.00000242. The Morgan fingerprint density at radius 1 is 1.17 bits per heavy atom. The number of benzene rings is 1. The summed E-state index contributed by atoms with van der Waals surface area (Å²) >= 11 is 0. The molecule has 0 bridgehead atoms. The van der Waals surface area contributed by atoms with E-state index >= 15 is 0 Å². The fraction of sp³-hybridized carbons (Fsp3) is 0.412. The maximum absolute atomic E-state index is 12.4. The van der Waals surface area contributed by atoms with Crippen LogP contribution in [0.4, 0.5) is 0 Å². The van der Waals surface area contributed by atoms with Crippen LogP contribution in [-0.2, 0) is 0 Å². The fourth-order valence-corrected chi connectivity index (χ4v) is 2.24. The number of aromatic nitrogens is 1. The second kappa shape index (κ2) is 10.4. The summed E-state index contributed by atoms with van der Waals surface area (Å²) in [5.74, 6) is 0.275. The van der Waals surface area contributed by atoms with Crippen LogP contribution in [0.5, 0.6) is 0 Å². The minimum absolute atomic E-state index is 0. The molecule has 0 unspecified atom stereocenters. The van der Waals surface area contributed by atoms with Gasteiger partial charge in [-0.25, -0.2) is 0 Å². The van der Waals surface area contributed by atoms with Crippen molar-refractivity contribution in [3.8, 4) is 0 Å². The molecule has 4 nitrogen and oxygen atoms in total. The zero-order valence-electron chi connectivity index (χ0n) is 13.8. The zero-order chi connectivity index (χ0) is 15.2. The molecule has 0 aliphatic heterocycles. The van der Waals surface area contributed by atoms with Crippen molar-refractivity contribution >= 4 is 41.6 Å². The van der Waals surface area contributed by atoms with Crippen LogP contribution < -0.4 is 10.6 Å². The molecule has 23 heavy (non-hydrogen) atoms. The Bertz CT molecular complexity index is 632. The third kappa shape index (κ3) is 5.65. The van der Waals surface area contributed by atoms with Crippen LogP contribution in [0.2, 0.25) is 0 Å². The highest BCUT2D eigenvalue weighted by molar-refractivity contribution is 6.06. The summed E-state index contributed by atoms with van der Waals surface area (Å²) in [7, 11) is 1.91. The van der Waals surface area contributed by atoms with Crippen LogP contribution in [-0.4, -0.2) is 31.0 Å². The van der Waals surface area contributed by atoms with Gasteiger partial charge in [-0.1, -0.05) is 32.0 Å². The van der Waals surface area contributed by atoms with Crippen molar-refractivity contribution in [2.45, 2.75) is 26.2 Å². The number of para-hydroxylation sites is 1. The van der Waals surface area contributed by atoms with Crippen molar-refractivity contribution in [2.75, 3.05) is 20.1 Å². The summed E-state index contributed by atoms with van der Waals surface area (Å²) in [4.78, 5) is 17.1. The van der Waals surface area contributed by atoms with Gasteiger partial charge >= 0.3 is 0 Å². The standard InChI is InChI=1S/C17H23N3O.2ClH/c1-12(2)16-11-14(17(21)19-10-6-9-18-3)13-7-4-5-8-15(13)20-16;;/h4-5,7-8,11-12,18H,6,9-10H2,1-3H3,(H,19,21);2*1H. The number of nitrogens with one attached hydrogen (secondary N) is 2. The quantitative estimate of drug-likeness (QED) is 0.777. The lowest BCUT2D eigenvalue weighted by Gasteiger charge is -2.12. The highest BCUT2D eigenvalue weighted by atomic mass is 35.5. The molecular weight excluding hydrogens is 333 g/mol. The Morgan fingerprint density at radius 2 is 1.87 bits per heavy atom. The summed E-state index contributed by atoms with van der Waals surface area (Å²) < 4.78 is 0. The van der Waals surface area contributed by atoms with Gasteiger partial charge in [0.05, 0.1) is 11.1 Å². The topological polar surface area (TPSA) is 54.0 Å². The predicted octanol–water partition coefficient (Wildman–Crippen LogP) is 3.54. The van der Waals surface area contributed by atoms with E-state index in [0.717, 1.165) is 29.6 Å². The summed E-state index contributed by atoms with van der Waals surface area (Å²) in [6.45, 7) is 5.75. The number of rotatable bonds is 6. The maximum atomic E-state index is 12.4. The predicted molar refractivity (Wildman–Crippen MR) is 101 cm³/mol. The minimum Gasteiger partial charge on any atom is -0.352 e. The van der Waals surface area contributed by atoms with E-state index in [1.54, 1.807) is 0 Å². The Labute approximate surface area is 150 Å². The monoisotopic (exact) mass is 357 g/mol. The van der Waals surface area contributed by atoms with E-state index in [0.29, 0.717) is 18.0 Å². The van der Waals surface area contributed by atoms with Crippen molar-refractivity contribution in [1.29, 1.82) is 0 Å². The number of hydrogen-bond donors (Lipinski definition) is 2. The lowest BCUT2D eigenvalue weighted by Crippen LogP contribution is -2.27. The van der Waals surface area contributed by atoms with E-state index in [-0.39, 0.29) is 30.7 Å². The maximum Gasteiger partial charge on any atom is 0.252 e. The molecule has 0 atom stereocenters. The van der Waals surface area contributed by atoms with E-state index < -0.39 is 0 Å². The van der Waals surface area contributed by atoms with Gasteiger partial charge in [0.25, 0.3) is 5.91 Å². The molecule has 0 saturated carbocycles. The molecule has 0 aliphatic rings. The molecule has 1 heterocycles. The van der Waals surface area contributed by atoms with Gasteiger partial charge in [0, 0.05) is 17.6 Å². The van der Waals surface area contributed by atoms with Gasteiger partial charge in [-0.3, -0.25) is 9.78 Å². The molecule has 128 valence electrons. The normalized spacial score (nSPS) is 10.1. The second-order valence-electron chi connectivity index (χ2n) is 5.48. The average Bonchev–Trinajstić information content (AvgIpc) is 2.50. The van der Waals surface area contributed by atoms with Crippen LogP contribution >= 0.6 is 24.8 Å². The minimum atomic E-state index is -0.0217. The molecule has 1 aromatic carbocycles. The average molecular weight is 358 g/mol. The largest absolute Gasteiger partial charge is 0.352 e. The van der Waals surface area contributed by atoms with Crippen molar-refractivity contribution in [2.24, 2.45) is 0 Å². The SMILES string of the molecule is CNCCCNC(=O)c1cc(C(C)C)nc2ccccc12.Cl.Cl. The first-order valence-corrected chi connectivity index (χ1v) is 7.46. The lowest BCUT2D eigenvalue weighted by atomic mass is 10.0. The van der Waals surface area contributed by atoms with Crippen LogP contribution in [0.25, 0.3) is 10.9 Å². The molecule has 1 aromatic heterocycles. The molecule has 0 radical (unpaired) electrons. The first kappa shape index (κ1) is 21.6. The van der Waals surface area contributed by atoms with E-state index in [2.05, 4.69) is 29.5 Å². The van der Waals surface area contributed by atoms with Crippen molar-refractivity contribution in [3.63, 3.8) is 0 Å². The summed E-state index contributed by atoms with van der Waals surface area (Å²) in [5.41, 5.74) is 2.55. The van der Waals surface area contributed by atoms with Gasteiger partial charge < -0.3 is 10.6 Å². The van der Waals surface area contributed by atoms with E-state index in [9.17, 15) is 4.79 Å². The second-order valence-corrected chi connectivity index (χ2v) is 5.48. The van der Waals surface area contributed by atoms with E-state index in [1.807, 2.05) is 37.4 Å². The number of carbonyl (C=O) groups excluding carboxylic acids is 1. The van der Waals surface area contributed by atoms with Gasteiger partial charge in [0.1, 0.15) is 0 Å². The number of hydrogen-bond acceptors (Lipinski definition) is 3. The van der Waals surface area contributed by atoms with Crippen LogP contribution in [0.3, 0.4) is 0 Å². The Kier molecular flexibility index (Phi) is 9.80. The van der Waals surface area contributed by atoms with Crippen molar-refractivity contribution in [1.82, 2.24) is 15.6 Å². The highest BCUT2D eigenvalue weighted by Gasteiger charge is 2.13. The molecule has 1 amide bonds. The van der Waals surface area contributed by atoms with E-state index in [4.69, 9.17) is 0 Å². The van der Waals surface area contributed by atoms with Gasteiger partial charge in [-0.15, -0.1) is 24.8 Å². The summed E-state index contributed by atoms with van der Waals surface area (Å²) in [5, 5.41) is 6.97. The third-order valence-electron chi connectivity index (χ3n) is 3.46. The smallest absolute Gasteiger partial charge is 0.252 e. The number of carbonyl (C=O) groups is 1. The van der Waals surface area contributed by atoms with Crippen LogP contribution in [0.15, 0.2) is 30.3 Å². The lowest BCUT2D eigenvalue weighted by molar-refractivity contribution is 0.0955. The molecule has 2 N–H and O–H groups in total. The van der Waals surface area contributed by atoms with Gasteiger partial charge in [-0.05, 0) is 38.1 Å². The molecule has 0 aliphatic carbocycles. The number of nitrogens with zero attached hydrogens (tertiary/aromatic N) is 1. The van der Waals surface area contributed by atoms with E-state index in [1.165, 1.54) is 0 Å². The molecular formula is C17H25Cl2N3O. The molecule has 6 heteroatoms.